The lowest BCUT2D eigenvalue weighted by Crippen LogP contribution is -2.31. The number of carbonyl (C=O) groups excluding carboxylic acids is 2. The lowest BCUT2D eigenvalue weighted by molar-refractivity contribution is 0.0990. The molecule has 220 valence electrons. The number of para-hydroxylation sites is 1. The van der Waals surface area contributed by atoms with Crippen LogP contribution in [0.25, 0.3) is 16.8 Å². The number of allylic oxidation sites excluding steroid dienone is 1. The number of anilines is 3. The van der Waals surface area contributed by atoms with Gasteiger partial charge in [-0.3, -0.25) is 9.59 Å². The molecule has 2 aliphatic rings. The Balaban J connectivity index is 0.00000168. The first-order valence-electron chi connectivity index (χ1n) is 15.5. The number of hydrogen-bond donors (Lipinski definition) is 0. The Kier molecular flexibility index (Phi) is 7.16. The summed E-state index contributed by atoms with van der Waals surface area (Å²) in [7, 11) is 0. The van der Waals surface area contributed by atoms with Gasteiger partial charge in [-0.15, -0.1) is 0 Å². The van der Waals surface area contributed by atoms with E-state index in [2.05, 4.69) is 112 Å². The van der Waals surface area contributed by atoms with E-state index in [4.69, 9.17) is 0 Å². The van der Waals surface area contributed by atoms with Crippen LogP contribution < -0.4 is 4.90 Å². The van der Waals surface area contributed by atoms with Crippen molar-refractivity contribution in [2.45, 2.75) is 59.3 Å². The lowest BCUT2D eigenvalue weighted by atomic mass is 9.71. The molecule has 44 heavy (non-hydrogen) atoms. The van der Waals surface area contributed by atoms with E-state index in [1.807, 2.05) is 19.9 Å². The summed E-state index contributed by atoms with van der Waals surface area (Å²) in [5, 5.41) is 2.24. The molecule has 3 nitrogen and oxygen atoms in total. The molecule has 0 fully saturated rings. The molecule has 0 bridgehead atoms. The van der Waals surface area contributed by atoms with Gasteiger partial charge in [-0.2, -0.15) is 0 Å². The molecule has 0 N–H and O–H groups in total. The average Bonchev–Trinajstić information content (AvgIpc) is 3.26. The van der Waals surface area contributed by atoms with Crippen LogP contribution in [0.4, 0.5) is 17.1 Å². The monoisotopic (exact) mass is 577 g/mol. The van der Waals surface area contributed by atoms with E-state index in [1.165, 1.54) is 22.4 Å². The molecular weight excluding hydrogens is 538 g/mol. The van der Waals surface area contributed by atoms with Crippen LogP contribution >= 0.6 is 0 Å². The zero-order valence-corrected chi connectivity index (χ0v) is 26.7. The van der Waals surface area contributed by atoms with Crippen molar-refractivity contribution in [1.82, 2.24) is 0 Å². The average molecular weight is 578 g/mol. The molecule has 0 saturated heterocycles. The van der Waals surface area contributed by atoms with Crippen LogP contribution in [0.15, 0.2) is 109 Å². The van der Waals surface area contributed by atoms with Crippen molar-refractivity contribution in [1.29, 1.82) is 0 Å². The zero-order valence-electron chi connectivity index (χ0n) is 26.7. The number of benzene rings is 5. The molecule has 7 rings (SSSR count). The van der Waals surface area contributed by atoms with Gasteiger partial charge < -0.3 is 4.90 Å². The second-order valence-electron chi connectivity index (χ2n) is 13.0. The van der Waals surface area contributed by atoms with Gasteiger partial charge in [0.15, 0.2) is 11.6 Å². The third-order valence-electron chi connectivity index (χ3n) is 8.91. The summed E-state index contributed by atoms with van der Waals surface area (Å²) >= 11 is 0. The van der Waals surface area contributed by atoms with Gasteiger partial charge in [0.25, 0.3) is 0 Å². The van der Waals surface area contributed by atoms with E-state index in [9.17, 15) is 9.59 Å². The second kappa shape index (κ2) is 10.7. The smallest absolute Gasteiger partial charge is 0.197 e. The number of fused-ring (bicyclic) bond motifs is 5. The number of ketones is 2. The van der Waals surface area contributed by atoms with Gasteiger partial charge in [0, 0.05) is 22.2 Å². The molecule has 5 aromatic carbocycles. The highest BCUT2D eigenvalue weighted by Crippen LogP contribution is 2.54. The van der Waals surface area contributed by atoms with Gasteiger partial charge in [0.2, 0.25) is 0 Å². The molecule has 0 saturated carbocycles. The third kappa shape index (κ3) is 4.59. The van der Waals surface area contributed by atoms with Gasteiger partial charge in [-0.1, -0.05) is 121 Å². The Labute approximate surface area is 260 Å². The van der Waals surface area contributed by atoms with Gasteiger partial charge in [0.1, 0.15) is 0 Å². The molecule has 0 unspecified atom stereocenters. The molecule has 0 radical (unpaired) electrons. The van der Waals surface area contributed by atoms with Gasteiger partial charge in [0.05, 0.1) is 16.9 Å². The maximum Gasteiger partial charge on any atom is 0.197 e. The van der Waals surface area contributed by atoms with E-state index in [0.29, 0.717) is 11.1 Å². The number of hydrogen-bond acceptors (Lipinski definition) is 3. The van der Waals surface area contributed by atoms with Crippen molar-refractivity contribution in [3.63, 3.8) is 0 Å². The summed E-state index contributed by atoms with van der Waals surface area (Å²) in [6.45, 7) is 15.3. The number of nitrogens with zero attached hydrogens (tertiary/aromatic N) is 1. The normalized spacial score (nSPS) is 14.9. The third-order valence-corrected chi connectivity index (χ3v) is 8.91. The summed E-state index contributed by atoms with van der Waals surface area (Å²) in [6.07, 6.45) is 1.74. The van der Waals surface area contributed by atoms with Crippen LogP contribution in [0, 0.1) is 0 Å². The molecule has 3 heteroatoms. The highest BCUT2D eigenvalue weighted by molar-refractivity contribution is 6.41. The molecule has 1 aliphatic carbocycles. The van der Waals surface area contributed by atoms with Gasteiger partial charge in [-0.25, -0.2) is 0 Å². The predicted molar refractivity (Wildman–Crippen MR) is 184 cm³/mol. The molecule has 1 heterocycles. The van der Waals surface area contributed by atoms with Crippen molar-refractivity contribution in [2.24, 2.45) is 0 Å². The standard InChI is InChI=1S/C39H33NO2.C2H6/c1-38(2,3)26-16-18-27(19-17-26)40-33-13-9-8-12-32(33)39(4,5)35-28-20-14-24(22-25(28)15-21-34(35)40)23-31-36(41)29-10-6-7-11-30(29)37(31)42;1-2/h6-23H,1-5H3;1-2H3. The topological polar surface area (TPSA) is 37.4 Å². The molecule has 5 aromatic rings. The molecule has 1 aliphatic heterocycles. The highest BCUT2D eigenvalue weighted by atomic mass is 16.2. The fourth-order valence-corrected chi connectivity index (χ4v) is 6.69. The largest absolute Gasteiger partial charge is 0.310 e. The molecule has 0 atom stereocenters. The number of rotatable bonds is 2. The number of carbonyl (C=O) groups is 2. The Morgan fingerprint density at radius 3 is 1.93 bits per heavy atom. The Bertz CT molecular complexity index is 1930. The van der Waals surface area contributed by atoms with Crippen LogP contribution in [0.5, 0.6) is 0 Å². The van der Waals surface area contributed by atoms with Crippen LogP contribution in [-0.2, 0) is 10.8 Å². The second-order valence-corrected chi connectivity index (χ2v) is 13.0. The van der Waals surface area contributed by atoms with Crippen LogP contribution in [0.3, 0.4) is 0 Å². The fraction of sp³-hybridized carbons (Fsp3) is 0.220. The summed E-state index contributed by atoms with van der Waals surface area (Å²) in [5.74, 6) is -0.404. The first-order chi connectivity index (χ1) is 21.1. The summed E-state index contributed by atoms with van der Waals surface area (Å²) in [6, 6.07) is 35.3. The van der Waals surface area contributed by atoms with E-state index < -0.39 is 0 Å². The van der Waals surface area contributed by atoms with E-state index >= 15 is 0 Å². The Morgan fingerprint density at radius 1 is 0.682 bits per heavy atom. The summed E-state index contributed by atoms with van der Waals surface area (Å²) < 4.78 is 0. The van der Waals surface area contributed by atoms with Crippen molar-refractivity contribution in [3.8, 4) is 0 Å². The summed E-state index contributed by atoms with van der Waals surface area (Å²) in [4.78, 5) is 28.4. The molecule has 0 aromatic heterocycles. The number of Topliss-reactive ketones (excluding diaryl/α,β-unsaturated/α-hetero) is 2. The lowest BCUT2D eigenvalue weighted by Gasteiger charge is -2.42. The maximum atomic E-state index is 13.0. The van der Waals surface area contributed by atoms with Crippen LogP contribution in [0.2, 0.25) is 0 Å². The fourth-order valence-electron chi connectivity index (χ4n) is 6.69. The first kappa shape index (κ1) is 29.3. The van der Waals surface area contributed by atoms with E-state index in [0.717, 1.165) is 27.7 Å². The zero-order chi connectivity index (χ0) is 31.4. The van der Waals surface area contributed by atoms with Crippen molar-refractivity contribution in [2.75, 3.05) is 4.90 Å². The van der Waals surface area contributed by atoms with Gasteiger partial charge in [-0.05, 0) is 74.8 Å². The molecule has 0 spiro atoms. The minimum Gasteiger partial charge on any atom is -0.310 e. The SMILES string of the molecule is CC.CC(C)(C)c1ccc(N2c3ccccc3C(C)(C)c3c2ccc2cc(C=C4C(=O)c5ccccc5C4=O)ccc32)cc1. The van der Waals surface area contributed by atoms with E-state index in [1.54, 1.807) is 30.3 Å². The Morgan fingerprint density at radius 2 is 1.30 bits per heavy atom. The molecular formula is C41H39NO2. The Hall–Kier alpha value is -4.76. The van der Waals surface area contributed by atoms with E-state index in [-0.39, 0.29) is 28.0 Å². The van der Waals surface area contributed by atoms with Crippen molar-refractivity contribution in [3.05, 3.63) is 142 Å². The molecule has 0 amide bonds. The summed E-state index contributed by atoms with van der Waals surface area (Å²) in [5.41, 5.74) is 9.21. The van der Waals surface area contributed by atoms with Crippen molar-refractivity contribution >= 4 is 45.5 Å². The van der Waals surface area contributed by atoms with Crippen molar-refractivity contribution < 1.29 is 9.59 Å². The first-order valence-corrected chi connectivity index (χ1v) is 15.5. The highest BCUT2D eigenvalue weighted by Gasteiger charge is 2.38. The minimum absolute atomic E-state index is 0.0813. The quantitative estimate of drug-likeness (QED) is 0.155. The van der Waals surface area contributed by atoms with Crippen LogP contribution in [0.1, 0.15) is 91.4 Å². The minimum atomic E-state index is -0.244. The van der Waals surface area contributed by atoms with Crippen LogP contribution in [-0.4, -0.2) is 11.6 Å². The maximum absolute atomic E-state index is 13.0. The predicted octanol–water partition coefficient (Wildman–Crippen LogP) is 10.7. The van der Waals surface area contributed by atoms with Gasteiger partial charge >= 0.3 is 0 Å².